The smallest absolute Gasteiger partial charge is 0.226 e. The van der Waals surface area contributed by atoms with Crippen molar-refractivity contribution in [3.8, 4) is 6.07 Å². The number of carbonyl (C=O) groups excluding carboxylic acids is 1. The maximum atomic E-state index is 11.9. The van der Waals surface area contributed by atoms with Gasteiger partial charge in [-0.25, -0.2) is 0 Å². The van der Waals surface area contributed by atoms with Gasteiger partial charge in [-0.1, -0.05) is 18.2 Å². The number of carbonyl (C=O) groups is 1. The molecule has 1 rings (SSSR count). The van der Waals surface area contributed by atoms with Gasteiger partial charge in [0.05, 0.1) is 18.4 Å². The molecule has 0 bridgehead atoms. The predicted molar refractivity (Wildman–Crippen MR) is 67.0 cm³/mol. The minimum Gasteiger partial charge on any atom is -0.398 e. The summed E-state index contributed by atoms with van der Waals surface area (Å²) < 4.78 is 0. The summed E-state index contributed by atoms with van der Waals surface area (Å²) in [6.45, 7) is 2.24. The van der Waals surface area contributed by atoms with E-state index in [1.54, 1.807) is 24.9 Å². The average molecular weight is 231 g/mol. The molecule has 0 radical (unpaired) electrons. The van der Waals surface area contributed by atoms with Gasteiger partial charge in [-0.2, -0.15) is 5.26 Å². The molecule has 1 unspecified atom stereocenters. The van der Waals surface area contributed by atoms with Crippen molar-refractivity contribution < 1.29 is 4.79 Å². The average Bonchev–Trinajstić information content (AvgIpc) is 2.31. The summed E-state index contributed by atoms with van der Waals surface area (Å²) in [5.74, 6) is -0.179. The third kappa shape index (κ3) is 3.80. The molecule has 0 saturated carbocycles. The number of para-hydroxylation sites is 1. The first-order valence-electron chi connectivity index (χ1n) is 5.51. The van der Waals surface area contributed by atoms with Gasteiger partial charge in [-0.15, -0.1) is 0 Å². The lowest BCUT2D eigenvalue weighted by Crippen LogP contribution is -2.32. The Labute approximate surface area is 102 Å². The predicted octanol–water partition coefficient (Wildman–Crippen LogP) is 1.43. The van der Waals surface area contributed by atoms with Crippen LogP contribution in [-0.2, 0) is 11.2 Å². The van der Waals surface area contributed by atoms with Crippen LogP contribution in [0.2, 0.25) is 0 Å². The van der Waals surface area contributed by atoms with E-state index >= 15 is 0 Å². The Morgan fingerprint density at radius 1 is 1.53 bits per heavy atom. The standard InChI is InChI=1S/C13H17N3O/c1-10(8-14)9-16(2)13(17)7-11-5-3-4-6-12(11)15/h3-6,10H,7,9,15H2,1-2H3. The minimum atomic E-state index is -0.155. The van der Waals surface area contributed by atoms with E-state index in [1.807, 2.05) is 18.2 Å². The van der Waals surface area contributed by atoms with Crippen molar-refractivity contribution in [3.05, 3.63) is 29.8 Å². The van der Waals surface area contributed by atoms with E-state index in [-0.39, 0.29) is 18.2 Å². The Balaban J connectivity index is 2.61. The molecule has 0 aliphatic heterocycles. The second kappa shape index (κ2) is 5.90. The van der Waals surface area contributed by atoms with Gasteiger partial charge < -0.3 is 10.6 Å². The number of amides is 1. The van der Waals surface area contributed by atoms with E-state index in [0.29, 0.717) is 12.2 Å². The summed E-state index contributed by atoms with van der Waals surface area (Å²) in [4.78, 5) is 13.4. The highest BCUT2D eigenvalue weighted by atomic mass is 16.2. The summed E-state index contributed by atoms with van der Waals surface area (Å²) in [5, 5.41) is 8.69. The highest BCUT2D eigenvalue weighted by Gasteiger charge is 2.13. The Bertz CT molecular complexity index is 437. The van der Waals surface area contributed by atoms with Crippen molar-refractivity contribution >= 4 is 11.6 Å². The second-order valence-electron chi connectivity index (χ2n) is 4.18. The fourth-order valence-corrected chi connectivity index (χ4v) is 1.55. The molecular weight excluding hydrogens is 214 g/mol. The Morgan fingerprint density at radius 2 is 2.18 bits per heavy atom. The van der Waals surface area contributed by atoms with Crippen molar-refractivity contribution in [2.45, 2.75) is 13.3 Å². The number of likely N-dealkylation sites (N-methyl/N-ethyl adjacent to an activating group) is 1. The van der Waals surface area contributed by atoms with E-state index in [0.717, 1.165) is 5.56 Å². The minimum absolute atomic E-state index is 0.0231. The molecule has 1 aromatic rings. The van der Waals surface area contributed by atoms with Crippen LogP contribution in [0.3, 0.4) is 0 Å². The molecular formula is C13H17N3O. The van der Waals surface area contributed by atoms with Gasteiger partial charge in [0.2, 0.25) is 5.91 Å². The van der Waals surface area contributed by atoms with E-state index in [4.69, 9.17) is 11.0 Å². The number of anilines is 1. The first kappa shape index (κ1) is 13.0. The van der Waals surface area contributed by atoms with Gasteiger partial charge in [-0.3, -0.25) is 4.79 Å². The van der Waals surface area contributed by atoms with Crippen molar-refractivity contribution in [1.82, 2.24) is 4.90 Å². The zero-order valence-electron chi connectivity index (χ0n) is 10.2. The van der Waals surface area contributed by atoms with Gasteiger partial charge in [0, 0.05) is 19.3 Å². The van der Waals surface area contributed by atoms with Crippen molar-refractivity contribution in [2.24, 2.45) is 5.92 Å². The van der Waals surface area contributed by atoms with Gasteiger partial charge in [-0.05, 0) is 18.6 Å². The van der Waals surface area contributed by atoms with Gasteiger partial charge in [0.25, 0.3) is 0 Å². The van der Waals surface area contributed by atoms with Gasteiger partial charge >= 0.3 is 0 Å². The molecule has 0 aliphatic rings. The molecule has 90 valence electrons. The number of nitrogens with zero attached hydrogens (tertiary/aromatic N) is 2. The van der Waals surface area contributed by atoms with Crippen LogP contribution in [0.5, 0.6) is 0 Å². The van der Waals surface area contributed by atoms with Crippen molar-refractivity contribution in [1.29, 1.82) is 5.26 Å². The van der Waals surface area contributed by atoms with Gasteiger partial charge in [0.15, 0.2) is 0 Å². The molecule has 1 atom stereocenters. The third-order valence-corrected chi connectivity index (χ3v) is 2.59. The normalized spacial score (nSPS) is 11.6. The molecule has 17 heavy (non-hydrogen) atoms. The largest absolute Gasteiger partial charge is 0.398 e. The number of benzene rings is 1. The molecule has 0 aromatic heterocycles. The molecule has 4 heteroatoms. The molecule has 2 N–H and O–H groups in total. The van der Waals surface area contributed by atoms with Crippen molar-refractivity contribution in [2.75, 3.05) is 19.3 Å². The summed E-state index contributed by atoms with van der Waals surface area (Å²) in [6, 6.07) is 9.42. The highest BCUT2D eigenvalue weighted by molar-refractivity contribution is 5.80. The fourth-order valence-electron chi connectivity index (χ4n) is 1.55. The molecule has 0 saturated heterocycles. The number of rotatable bonds is 4. The van der Waals surface area contributed by atoms with E-state index in [9.17, 15) is 4.79 Å². The topological polar surface area (TPSA) is 70.1 Å². The lowest BCUT2D eigenvalue weighted by atomic mass is 10.1. The van der Waals surface area contributed by atoms with Crippen LogP contribution in [0, 0.1) is 17.2 Å². The van der Waals surface area contributed by atoms with Crippen LogP contribution in [0.25, 0.3) is 0 Å². The SMILES string of the molecule is CC(C#N)CN(C)C(=O)Cc1ccccc1N. The van der Waals surface area contributed by atoms with Crippen molar-refractivity contribution in [3.63, 3.8) is 0 Å². The Morgan fingerprint density at radius 3 is 2.76 bits per heavy atom. The van der Waals surface area contributed by atoms with E-state index < -0.39 is 0 Å². The monoisotopic (exact) mass is 231 g/mol. The Kier molecular flexibility index (Phi) is 4.53. The third-order valence-electron chi connectivity index (χ3n) is 2.59. The summed E-state index contributed by atoms with van der Waals surface area (Å²) >= 11 is 0. The van der Waals surface area contributed by atoms with Crippen LogP contribution >= 0.6 is 0 Å². The van der Waals surface area contributed by atoms with E-state index in [2.05, 4.69) is 6.07 Å². The molecule has 4 nitrogen and oxygen atoms in total. The fraction of sp³-hybridized carbons (Fsp3) is 0.385. The summed E-state index contributed by atoms with van der Waals surface area (Å²) in [5.41, 5.74) is 7.23. The second-order valence-corrected chi connectivity index (χ2v) is 4.18. The molecule has 0 aliphatic carbocycles. The highest BCUT2D eigenvalue weighted by Crippen LogP contribution is 2.12. The molecule has 1 amide bonds. The first-order valence-corrected chi connectivity index (χ1v) is 5.51. The summed E-state index contributed by atoms with van der Waals surface area (Å²) in [7, 11) is 1.70. The van der Waals surface area contributed by atoms with Crippen LogP contribution in [0.4, 0.5) is 5.69 Å². The molecule has 0 spiro atoms. The number of nitriles is 1. The summed E-state index contributed by atoms with van der Waals surface area (Å²) in [6.07, 6.45) is 0.279. The maximum absolute atomic E-state index is 11.9. The molecule has 1 aromatic carbocycles. The van der Waals surface area contributed by atoms with E-state index in [1.165, 1.54) is 0 Å². The lowest BCUT2D eigenvalue weighted by Gasteiger charge is -2.18. The van der Waals surface area contributed by atoms with Crippen LogP contribution < -0.4 is 5.73 Å². The van der Waals surface area contributed by atoms with Crippen LogP contribution in [0.15, 0.2) is 24.3 Å². The maximum Gasteiger partial charge on any atom is 0.226 e. The number of hydrogen-bond donors (Lipinski definition) is 1. The van der Waals surface area contributed by atoms with Crippen LogP contribution in [-0.4, -0.2) is 24.4 Å². The lowest BCUT2D eigenvalue weighted by molar-refractivity contribution is -0.129. The molecule has 0 heterocycles. The van der Waals surface area contributed by atoms with Gasteiger partial charge in [0.1, 0.15) is 0 Å². The zero-order chi connectivity index (χ0) is 12.8. The Hall–Kier alpha value is -2.02. The number of nitrogens with two attached hydrogens (primary N) is 1. The number of hydrogen-bond acceptors (Lipinski definition) is 3. The van der Waals surface area contributed by atoms with Crippen LogP contribution in [0.1, 0.15) is 12.5 Å². The number of nitrogen functional groups attached to an aromatic ring is 1. The first-order chi connectivity index (χ1) is 8.04. The zero-order valence-corrected chi connectivity index (χ0v) is 10.2. The molecule has 0 fully saturated rings. The quantitative estimate of drug-likeness (QED) is 0.797.